The van der Waals surface area contributed by atoms with E-state index in [9.17, 15) is 19.2 Å². The fraction of sp³-hybridized carbons (Fsp3) is 0.800. The number of aliphatic carboxylic acids is 1. The summed E-state index contributed by atoms with van der Waals surface area (Å²) >= 11 is 0. The van der Waals surface area contributed by atoms with Crippen LogP contribution in [0.4, 0.5) is 0 Å². The molecule has 0 aromatic rings. The average Bonchev–Trinajstić information content (AvgIpc) is 3.16. The number of hydrogen-bond donors (Lipinski definition) is 11. The number of nitrogens with two attached hydrogens (primary N) is 1. The number of carboxylic acid groups (broad SMARTS) is 1. The molecule has 0 bridgehead atoms. The minimum Gasteiger partial charge on any atom is -0.481 e. The number of ether oxygens (including phenoxy) is 1. The van der Waals surface area contributed by atoms with Crippen LogP contribution in [-0.2, 0) is 23.9 Å². The summed E-state index contributed by atoms with van der Waals surface area (Å²) in [5, 5.41) is 74.2. The molecular weight excluding hydrogens is 780 g/mol. The summed E-state index contributed by atoms with van der Waals surface area (Å²) in [5.74, 6) is -1.86. The van der Waals surface area contributed by atoms with Crippen LogP contribution in [-0.4, -0.2) is 133 Å². The molecule has 1 heterocycles. The molecule has 2 atom stereocenters. The van der Waals surface area contributed by atoms with E-state index in [1.807, 2.05) is 55.4 Å². The Labute approximate surface area is 356 Å². The number of amides is 1. The highest BCUT2D eigenvalue weighted by Crippen LogP contribution is 2.14. The third-order valence-corrected chi connectivity index (χ3v) is 10.6. The van der Waals surface area contributed by atoms with Crippen molar-refractivity contribution in [2.75, 3.05) is 26.2 Å². The minimum absolute atomic E-state index is 0.00527. The number of nitrogens with one attached hydrogen (secondary N) is 5. The molecule has 1 aliphatic heterocycles. The summed E-state index contributed by atoms with van der Waals surface area (Å²) in [7, 11) is 0. The molecule has 1 aliphatic rings. The van der Waals surface area contributed by atoms with Crippen molar-refractivity contribution in [3.05, 3.63) is 0 Å². The number of oxime groups is 4. The van der Waals surface area contributed by atoms with Crippen molar-refractivity contribution in [1.82, 2.24) is 26.6 Å². The maximum absolute atomic E-state index is 11.9. The lowest BCUT2D eigenvalue weighted by molar-refractivity contribution is -0.163. The van der Waals surface area contributed by atoms with Gasteiger partial charge in [-0.05, 0) is 141 Å². The summed E-state index contributed by atoms with van der Waals surface area (Å²) in [6.45, 7) is 25.0. The van der Waals surface area contributed by atoms with Crippen molar-refractivity contribution in [3.8, 4) is 0 Å². The van der Waals surface area contributed by atoms with Crippen LogP contribution in [0.1, 0.15) is 147 Å². The Hall–Kier alpha value is -4.24. The second-order valence-electron chi connectivity index (χ2n) is 17.0. The summed E-state index contributed by atoms with van der Waals surface area (Å²) in [6, 6.07) is 0.206. The van der Waals surface area contributed by atoms with Gasteiger partial charge in [0.05, 0.1) is 45.0 Å². The molecule has 1 rings (SSSR count). The lowest BCUT2D eigenvalue weighted by Gasteiger charge is -2.33. The van der Waals surface area contributed by atoms with E-state index in [-0.39, 0.29) is 48.3 Å². The van der Waals surface area contributed by atoms with E-state index in [2.05, 4.69) is 51.9 Å². The zero-order valence-electron chi connectivity index (χ0n) is 38.2. The fourth-order valence-electron chi connectivity index (χ4n) is 5.36. The van der Waals surface area contributed by atoms with E-state index in [1.54, 1.807) is 27.7 Å². The number of esters is 2. The minimum atomic E-state index is -0.910. The van der Waals surface area contributed by atoms with E-state index in [4.69, 9.17) is 31.7 Å². The lowest BCUT2D eigenvalue weighted by Crippen LogP contribution is -2.53. The number of carbonyl (C=O) groups is 4. The molecule has 60 heavy (non-hydrogen) atoms. The van der Waals surface area contributed by atoms with Gasteiger partial charge in [-0.25, -0.2) is 0 Å². The third-order valence-electron chi connectivity index (χ3n) is 10.6. The molecule has 348 valence electrons. The van der Waals surface area contributed by atoms with E-state index < -0.39 is 22.6 Å². The van der Waals surface area contributed by atoms with Gasteiger partial charge in [0.25, 0.3) is 0 Å². The summed E-state index contributed by atoms with van der Waals surface area (Å²) < 4.78 is 4.21. The van der Waals surface area contributed by atoms with Crippen molar-refractivity contribution in [3.63, 3.8) is 0 Å². The highest BCUT2D eigenvalue weighted by Gasteiger charge is 2.28. The first-order chi connectivity index (χ1) is 27.7. The van der Waals surface area contributed by atoms with Gasteiger partial charge in [0.2, 0.25) is 5.91 Å². The van der Waals surface area contributed by atoms with Crippen LogP contribution in [0.25, 0.3) is 0 Å². The molecule has 0 aliphatic carbocycles. The van der Waals surface area contributed by atoms with Crippen molar-refractivity contribution in [2.24, 2.45) is 26.4 Å². The molecule has 1 amide bonds. The molecule has 0 spiro atoms. The van der Waals surface area contributed by atoms with Gasteiger partial charge in [0, 0.05) is 44.3 Å². The van der Waals surface area contributed by atoms with Crippen LogP contribution in [0.15, 0.2) is 20.6 Å². The predicted octanol–water partition coefficient (Wildman–Crippen LogP) is 3.71. The second-order valence-corrected chi connectivity index (χ2v) is 17.0. The Kier molecular flexibility index (Phi) is 28.0. The van der Waals surface area contributed by atoms with Crippen LogP contribution in [0.3, 0.4) is 0 Å². The Bertz CT molecular complexity index is 1430. The monoisotopic (exact) mass is 859 g/mol. The van der Waals surface area contributed by atoms with E-state index in [1.165, 1.54) is 0 Å². The first-order valence-corrected chi connectivity index (χ1v) is 20.5. The fourth-order valence-corrected chi connectivity index (χ4v) is 5.36. The van der Waals surface area contributed by atoms with Crippen LogP contribution < -0.4 is 32.3 Å². The number of carbonyl (C=O) groups excluding carboxylic acids is 3. The van der Waals surface area contributed by atoms with Crippen molar-refractivity contribution in [1.29, 1.82) is 0 Å². The number of carboxylic acids is 1. The average molecular weight is 859 g/mol. The molecule has 1 fully saturated rings. The maximum atomic E-state index is 11.9. The van der Waals surface area contributed by atoms with Crippen molar-refractivity contribution in [2.45, 2.75) is 182 Å². The Morgan fingerprint density at radius 3 is 1.33 bits per heavy atom. The number of nitrogens with zero attached hydrogens (tertiary/aromatic N) is 4. The zero-order chi connectivity index (χ0) is 46.7. The van der Waals surface area contributed by atoms with Crippen LogP contribution in [0, 0.1) is 0 Å². The largest absolute Gasteiger partial charge is 0.481 e. The molecule has 0 aromatic carbocycles. The van der Waals surface area contributed by atoms with E-state index >= 15 is 0 Å². The smallest absolute Gasteiger partial charge is 0.313 e. The Balaban J connectivity index is 0. The van der Waals surface area contributed by atoms with Gasteiger partial charge in [-0.2, -0.15) is 0 Å². The molecule has 1 saturated heterocycles. The molecule has 20 heteroatoms. The highest BCUT2D eigenvalue weighted by atomic mass is 16.6. The molecular formula is C40H78N10O10. The van der Waals surface area contributed by atoms with Crippen molar-refractivity contribution < 1.29 is 49.9 Å². The summed E-state index contributed by atoms with van der Waals surface area (Å²) in [5.41, 5.74) is 6.32. The topological polar surface area (TPSA) is 314 Å². The standard InChI is InChI=1S/C20H39N5O5.C15H33N5O2.C5H6O3/c1-14(24-29)19(3,4)22-13-11-16(23-20(5,6)15(2)25-30)10-12-21-17(26)8-7-9-18(27)28;1-11(19-21)14(3,4)17-10-8-13(7-9-16)18-15(5,6)12(2)20-22;6-4-2-1-3-5(7)8-4/h16,22-23,29-30H,7-13H2,1-6H3,(H,21,26)(H,27,28);13,17-18,21-22H,7-10,16H2,1-6H3;1-3H2/b24-14-,25-15-;19-11-,20-12-;. The molecule has 2 unspecified atom stereocenters. The van der Waals surface area contributed by atoms with Crippen LogP contribution in [0.5, 0.6) is 0 Å². The number of hydrogen-bond acceptors (Lipinski definition) is 18. The Morgan fingerprint density at radius 2 is 1.00 bits per heavy atom. The first kappa shape index (κ1) is 57.9. The van der Waals surface area contributed by atoms with E-state index in [0.29, 0.717) is 74.6 Å². The first-order valence-electron chi connectivity index (χ1n) is 20.5. The number of cyclic esters (lactones) is 2. The predicted molar refractivity (Wildman–Crippen MR) is 233 cm³/mol. The summed E-state index contributed by atoms with van der Waals surface area (Å²) in [4.78, 5) is 42.9. The molecule has 0 radical (unpaired) electrons. The molecule has 20 nitrogen and oxygen atoms in total. The molecule has 12 N–H and O–H groups in total. The van der Waals surface area contributed by atoms with Crippen molar-refractivity contribution >= 4 is 46.7 Å². The van der Waals surface area contributed by atoms with Gasteiger partial charge in [0.1, 0.15) is 0 Å². The zero-order valence-corrected chi connectivity index (χ0v) is 38.2. The third kappa shape index (κ3) is 25.4. The number of rotatable bonds is 25. The normalized spacial score (nSPS) is 15.8. The molecule has 0 saturated carbocycles. The maximum Gasteiger partial charge on any atom is 0.313 e. The Morgan fingerprint density at radius 1 is 0.633 bits per heavy atom. The van der Waals surface area contributed by atoms with Gasteiger partial charge < -0.3 is 63.0 Å². The summed E-state index contributed by atoms with van der Waals surface area (Å²) in [6.07, 6.45) is 4.97. The van der Waals surface area contributed by atoms with Gasteiger partial charge in [-0.3, -0.25) is 19.2 Å². The van der Waals surface area contributed by atoms with Crippen LogP contribution >= 0.6 is 0 Å². The SMILES string of the molecule is C/C(=N/O)C(C)(C)NCCC(CCN)NC(C)(C)/C(C)=N\O.C/C(=N/O)C(C)(C)NCCC(CCNC(=O)CCCC(=O)O)NC(C)(C)/C(C)=N\O.O=C1CCCC(=O)O1. The van der Waals surface area contributed by atoms with E-state index in [0.717, 1.165) is 25.8 Å². The lowest BCUT2D eigenvalue weighted by atomic mass is 9.95. The molecule has 0 aromatic heterocycles. The van der Waals surface area contributed by atoms with Gasteiger partial charge in [-0.1, -0.05) is 20.6 Å². The second kappa shape index (κ2) is 29.1. The van der Waals surface area contributed by atoms with Crippen LogP contribution in [0.2, 0.25) is 0 Å². The van der Waals surface area contributed by atoms with Gasteiger partial charge in [-0.15, -0.1) is 0 Å². The van der Waals surface area contributed by atoms with Gasteiger partial charge >= 0.3 is 17.9 Å². The van der Waals surface area contributed by atoms with Gasteiger partial charge in [0.15, 0.2) is 0 Å². The highest BCUT2D eigenvalue weighted by molar-refractivity contribution is 5.91. The quantitative estimate of drug-likeness (QED) is 0.0205.